The molecule has 0 radical (unpaired) electrons. The number of nitrogens with one attached hydrogen (secondary N) is 1. The molecule has 1 aromatic heterocycles. The summed E-state index contributed by atoms with van der Waals surface area (Å²) < 4.78 is 0.818. The number of H-pyrrole nitrogens is 1. The van der Waals surface area contributed by atoms with Gasteiger partial charge in [-0.25, -0.2) is 0 Å². The smallest absolute Gasteiger partial charge is 0.108 e. The predicted molar refractivity (Wildman–Crippen MR) is 57.8 cm³/mol. The standard InChI is InChI=1S/C9H10BrN3O/c10-9-6-3-5(8(14)4-11)1-2-7(6)12-13-9/h1-3,8,14H,4,11H2,(H,12,13). The van der Waals surface area contributed by atoms with Crippen molar-refractivity contribution in [2.45, 2.75) is 6.10 Å². The van der Waals surface area contributed by atoms with Crippen LogP contribution in [-0.4, -0.2) is 21.8 Å². The van der Waals surface area contributed by atoms with Crippen LogP contribution >= 0.6 is 15.9 Å². The molecule has 1 atom stereocenters. The van der Waals surface area contributed by atoms with Crippen molar-refractivity contribution in [1.29, 1.82) is 0 Å². The van der Waals surface area contributed by atoms with Gasteiger partial charge >= 0.3 is 0 Å². The Morgan fingerprint density at radius 3 is 3.07 bits per heavy atom. The number of benzene rings is 1. The number of fused-ring (bicyclic) bond motifs is 1. The van der Waals surface area contributed by atoms with Crippen molar-refractivity contribution in [3.63, 3.8) is 0 Å². The topological polar surface area (TPSA) is 74.9 Å². The minimum Gasteiger partial charge on any atom is -0.387 e. The summed E-state index contributed by atoms with van der Waals surface area (Å²) in [7, 11) is 0. The molecule has 0 bridgehead atoms. The van der Waals surface area contributed by atoms with E-state index in [9.17, 15) is 5.11 Å². The second-order valence-corrected chi connectivity index (χ2v) is 3.86. The molecule has 0 aliphatic heterocycles. The van der Waals surface area contributed by atoms with Gasteiger partial charge in [-0.1, -0.05) is 6.07 Å². The number of aliphatic hydroxyl groups excluding tert-OH is 1. The zero-order valence-electron chi connectivity index (χ0n) is 7.37. The zero-order chi connectivity index (χ0) is 10.1. The van der Waals surface area contributed by atoms with Gasteiger partial charge in [0, 0.05) is 11.9 Å². The number of halogens is 1. The van der Waals surface area contributed by atoms with Gasteiger partial charge in [-0.05, 0) is 33.6 Å². The molecule has 14 heavy (non-hydrogen) atoms. The van der Waals surface area contributed by atoms with Crippen LogP contribution in [0.4, 0.5) is 0 Å². The van der Waals surface area contributed by atoms with Crippen LogP contribution in [0.1, 0.15) is 11.7 Å². The van der Waals surface area contributed by atoms with E-state index in [1.54, 1.807) is 0 Å². The van der Waals surface area contributed by atoms with E-state index < -0.39 is 6.10 Å². The van der Waals surface area contributed by atoms with Crippen LogP contribution in [0, 0.1) is 0 Å². The summed E-state index contributed by atoms with van der Waals surface area (Å²) in [5, 5.41) is 17.4. The van der Waals surface area contributed by atoms with Crippen LogP contribution in [-0.2, 0) is 0 Å². The summed E-state index contributed by atoms with van der Waals surface area (Å²) in [5.74, 6) is 0. The summed E-state index contributed by atoms with van der Waals surface area (Å²) >= 11 is 3.34. The molecule has 4 N–H and O–H groups in total. The number of rotatable bonds is 2. The first-order chi connectivity index (χ1) is 6.72. The van der Waals surface area contributed by atoms with E-state index in [4.69, 9.17) is 5.73 Å². The summed E-state index contributed by atoms with van der Waals surface area (Å²) in [6, 6.07) is 5.55. The number of hydrogen-bond donors (Lipinski definition) is 3. The van der Waals surface area contributed by atoms with Crippen molar-refractivity contribution in [2.24, 2.45) is 5.73 Å². The first kappa shape index (κ1) is 9.64. The Morgan fingerprint density at radius 1 is 1.57 bits per heavy atom. The lowest BCUT2D eigenvalue weighted by Gasteiger charge is -2.07. The van der Waals surface area contributed by atoms with Crippen LogP contribution < -0.4 is 5.73 Å². The van der Waals surface area contributed by atoms with E-state index >= 15 is 0 Å². The van der Waals surface area contributed by atoms with Crippen molar-refractivity contribution in [3.05, 3.63) is 28.4 Å². The van der Waals surface area contributed by atoms with Crippen molar-refractivity contribution < 1.29 is 5.11 Å². The molecule has 1 aromatic carbocycles. The van der Waals surface area contributed by atoms with Crippen LogP contribution in [0.3, 0.4) is 0 Å². The third-order valence-corrected chi connectivity index (χ3v) is 2.74. The van der Waals surface area contributed by atoms with E-state index in [-0.39, 0.29) is 6.54 Å². The average Bonchev–Trinajstić information content (AvgIpc) is 2.59. The summed E-state index contributed by atoms with van der Waals surface area (Å²) in [6.07, 6.45) is -0.610. The molecule has 4 nitrogen and oxygen atoms in total. The Bertz CT molecular complexity index is 454. The van der Waals surface area contributed by atoms with Gasteiger partial charge in [-0.3, -0.25) is 5.10 Å². The number of nitrogens with two attached hydrogens (primary N) is 1. The third kappa shape index (κ3) is 1.54. The SMILES string of the molecule is NCC(O)c1ccc2n[nH]c(Br)c2c1. The Morgan fingerprint density at radius 2 is 2.36 bits per heavy atom. The highest BCUT2D eigenvalue weighted by Gasteiger charge is 2.08. The van der Waals surface area contributed by atoms with E-state index in [0.29, 0.717) is 0 Å². The number of aromatic nitrogens is 2. The number of aromatic amines is 1. The third-order valence-electron chi connectivity index (χ3n) is 2.14. The van der Waals surface area contributed by atoms with Gasteiger partial charge in [0.1, 0.15) is 4.60 Å². The van der Waals surface area contributed by atoms with Gasteiger partial charge in [0.2, 0.25) is 0 Å². The summed E-state index contributed by atoms with van der Waals surface area (Å²) in [6.45, 7) is 0.223. The van der Waals surface area contributed by atoms with Gasteiger partial charge in [0.05, 0.1) is 11.6 Å². The average molecular weight is 256 g/mol. The molecule has 0 fully saturated rings. The van der Waals surface area contributed by atoms with Gasteiger partial charge in [-0.2, -0.15) is 5.10 Å². The van der Waals surface area contributed by atoms with Crippen molar-refractivity contribution in [2.75, 3.05) is 6.54 Å². The first-order valence-corrected chi connectivity index (χ1v) is 5.03. The predicted octanol–water partition coefficient (Wildman–Crippen LogP) is 1.32. The lowest BCUT2D eigenvalue weighted by molar-refractivity contribution is 0.187. The number of aliphatic hydroxyl groups is 1. The molecule has 74 valence electrons. The Kier molecular flexibility index (Phi) is 2.54. The molecular formula is C9H10BrN3O. The normalized spacial score (nSPS) is 13.4. The Hall–Kier alpha value is -0.910. The monoisotopic (exact) mass is 255 g/mol. The minimum absolute atomic E-state index is 0.223. The number of nitrogens with zero attached hydrogens (tertiary/aromatic N) is 1. The van der Waals surface area contributed by atoms with Gasteiger partial charge in [0.15, 0.2) is 0 Å². The molecule has 1 heterocycles. The maximum absolute atomic E-state index is 9.55. The first-order valence-electron chi connectivity index (χ1n) is 4.24. The Labute approximate surface area is 89.2 Å². The molecular weight excluding hydrogens is 246 g/mol. The Balaban J connectivity index is 2.54. The fourth-order valence-electron chi connectivity index (χ4n) is 1.34. The second-order valence-electron chi connectivity index (χ2n) is 3.07. The van der Waals surface area contributed by atoms with Crippen LogP contribution in [0.2, 0.25) is 0 Å². The van der Waals surface area contributed by atoms with E-state index in [0.717, 1.165) is 21.1 Å². The van der Waals surface area contributed by atoms with Gasteiger partial charge in [-0.15, -0.1) is 0 Å². The number of hydrogen-bond acceptors (Lipinski definition) is 3. The summed E-state index contributed by atoms with van der Waals surface area (Å²) in [5.41, 5.74) is 7.05. The van der Waals surface area contributed by atoms with Crippen molar-refractivity contribution in [1.82, 2.24) is 10.2 Å². The molecule has 0 aliphatic carbocycles. The van der Waals surface area contributed by atoms with Crippen LogP contribution in [0.5, 0.6) is 0 Å². The fraction of sp³-hybridized carbons (Fsp3) is 0.222. The summed E-state index contributed by atoms with van der Waals surface area (Å²) in [4.78, 5) is 0. The van der Waals surface area contributed by atoms with E-state index in [1.165, 1.54) is 0 Å². The second kappa shape index (κ2) is 3.68. The molecule has 2 aromatic rings. The van der Waals surface area contributed by atoms with Crippen molar-refractivity contribution in [3.8, 4) is 0 Å². The lowest BCUT2D eigenvalue weighted by atomic mass is 10.1. The fourth-order valence-corrected chi connectivity index (χ4v) is 1.75. The van der Waals surface area contributed by atoms with Crippen molar-refractivity contribution >= 4 is 26.8 Å². The van der Waals surface area contributed by atoms with Gasteiger partial charge in [0.25, 0.3) is 0 Å². The lowest BCUT2D eigenvalue weighted by Crippen LogP contribution is -2.11. The minimum atomic E-state index is -0.610. The molecule has 0 aliphatic rings. The molecule has 0 saturated carbocycles. The van der Waals surface area contributed by atoms with Crippen LogP contribution in [0.25, 0.3) is 10.9 Å². The highest BCUT2D eigenvalue weighted by molar-refractivity contribution is 9.10. The maximum atomic E-state index is 9.55. The van der Waals surface area contributed by atoms with Crippen LogP contribution in [0.15, 0.2) is 22.8 Å². The zero-order valence-corrected chi connectivity index (χ0v) is 8.95. The molecule has 2 rings (SSSR count). The van der Waals surface area contributed by atoms with Gasteiger partial charge < -0.3 is 10.8 Å². The molecule has 0 spiro atoms. The van der Waals surface area contributed by atoms with E-state index in [2.05, 4.69) is 26.1 Å². The quantitative estimate of drug-likeness (QED) is 0.758. The molecule has 0 saturated heterocycles. The molecule has 0 amide bonds. The molecule has 1 unspecified atom stereocenters. The van der Waals surface area contributed by atoms with E-state index in [1.807, 2.05) is 18.2 Å². The highest BCUT2D eigenvalue weighted by atomic mass is 79.9. The highest BCUT2D eigenvalue weighted by Crippen LogP contribution is 2.24. The molecule has 5 heteroatoms. The largest absolute Gasteiger partial charge is 0.387 e. The maximum Gasteiger partial charge on any atom is 0.108 e.